The van der Waals surface area contributed by atoms with Gasteiger partial charge in [0, 0.05) is 24.7 Å². The number of nitrogens with zero attached hydrogens (tertiary/aromatic N) is 1. The summed E-state index contributed by atoms with van der Waals surface area (Å²) in [6, 6.07) is 4.65. The average molecular weight is 396 g/mol. The van der Waals surface area contributed by atoms with Crippen LogP contribution in [-0.4, -0.2) is 59.1 Å². The van der Waals surface area contributed by atoms with Crippen LogP contribution in [0.4, 0.5) is 0 Å². The van der Waals surface area contributed by atoms with Crippen LogP contribution in [-0.2, 0) is 10.0 Å². The standard InChI is InChI=1S/C19H29N3O4S/c1-20-10-7-14-8-11-22(12-9-14)19(23)15-3-6-17(26-2)18(13-15)27(24,25)21-16-4-5-16/h3,6,13-14,16,20-21H,4-5,7-12H2,1-2H3. The molecule has 0 atom stereocenters. The van der Waals surface area contributed by atoms with Crippen LogP contribution < -0.4 is 14.8 Å². The number of methoxy groups -OCH3 is 1. The summed E-state index contributed by atoms with van der Waals surface area (Å²) >= 11 is 0. The SMILES string of the molecule is CNCCC1CCN(C(=O)c2ccc(OC)c(S(=O)(=O)NC3CC3)c2)CC1. The summed E-state index contributed by atoms with van der Waals surface area (Å²) in [5.41, 5.74) is 0.389. The third-order valence-electron chi connectivity index (χ3n) is 5.30. The first-order valence-corrected chi connectivity index (χ1v) is 11.1. The normalized spacial score (nSPS) is 18.5. The summed E-state index contributed by atoms with van der Waals surface area (Å²) in [6.45, 7) is 2.41. The molecule has 0 aromatic heterocycles. The molecule has 0 radical (unpaired) electrons. The second-order valence-electron chi connectivity index (χ2n) is 7.39. The first kappa shape index (κ1) is 20.1. The van der Waals surface area contributed by atoms with Gasteiger partial charge in [0.2, 0.25) is 10.0 Å². The van der Waals surface area contributed by atoms with Gasteiger partial charge in [-0.2, -0.15) is 0 Å². The highest BCUT2D eigenvalue weighted by Crippen LogP contribution is 2.29. The Kier molecular flexibility index (Phi) is 6.39. The average Bonchev–Trinajstić information content (AvgIpc) is 3.49. The molecule has 1 aliphatic heterocycles. The summed E-state index contributed by atoms with van der Waals surface area (Å²) in [4.78, 5) is 14.7. The van der Waals surface area contributed by atoms with Crippen LogP contribution in [0.25, 0.3) is 0 Å². The molecule has 7 nitrogen and oxygen atoms in total. The zero-order valence-corrected chi connectivity index (χ0v) is 16.8. The monoisotopic (exact) mass is 395 g/mol. The van der Waals surface area contributed by atoms with Crippen LogP contribution in [0.2, 0.25) is 0 Å². The van der Waals surface area contributed by atoms with E-state index in [0.29, 0.717) is 24.6 Å². The minimum atomic E-state index is -3.70. The van der Waals surface area contributed by atoms with Crippen molar-refractivity contribution in [1.82, 2.24) is 14.9 Å². The van der Waals surface area contributed by atoms with Gasteiger partial charge in [-0.15, -0.1) is 0 Å². The Hall–Kier alpha value is -1.64. The summed E-state index contributed by atoms with van der Waals surface area (Å²) in [7, 11) is -0.314. The van der Waals surface area contributed by atoms with Gasteiger partial charge in [0.1, 0.15) is 10.6 Å². The van der Waals surface area contributed by atoms with E-state index in [1.165, 1.54) is 13.2 Å². The van der Waals surface area contributed by atoms with E-state index in [1.54, 1.807) is 12.1 Å². The highest BCUT2D eigenvalue weighted by atomic mass is 32.2. The van der Waals surface area contributed by atoms with Crippen LogP contribution in [0.3, 0.4) is 0 Å². The number of rotatable bonds is 8. The third-order valence-corrected chi connectivity index (χ3v) is 6.85. The van der Waals surface area contributed by atoms with Crippen molar-refractivity contribution in [2.45, 2.75) is 43.0 Å². The number of hydrogen-bond donors (Lipinski definition) is 2. The van der Waals surface area contributed by atoms with Crippen molar-refractivity contribution in [2.75, 3.05) is 33.8 Å². The van der Waals surface area contributed by atoms with Crippen LogP contribution in [0.1, 0.15) is 42.5 Å². The number of ether oxygens (including phenoxy) is 1. The molecular formula is C19H29N3O4S. The number of hydrogen-bond acceptors (Lipinski definition) is 5. The lowest BCUT2D eigenvalue weighted by molar-refractivity contribution is 0.0687. The number of amides is 1. The van der Waals surface area contributed by atoms with E-state index in [9.17, 15) is 13.2 Å². The molecule has 0 unspecified atom stereocenters. The predicted octanol–water partition coefficient (Wildman–Crippen LogP) is 1.60. The zero-order valence-electron chi connectivity index (χ0n) is 16.0. The van der Waals surface area contributed by atoms with Crippen LogP contribution >= 0.6 is 0 Å². The van der Waals surface area contributed by atoms with E-state index < -0.39 is 10.0 Å². The Bertz CT molecular complexity index is 769. The van der Waals surface area contributed by atoms with E-state index in [1.807, 2.05) is 11.9 Å². The molecule has 0 spiro atoms. The molecule has 2 fully saturated rings. The largest absolute Gasteiger partial charge is 0.495 e. The van der Waals surface area contributed by atoms with Gasteiger partial charge in [0.25, 0.3) is 5.91 Å². The molecule has 1 aliphatic carbocycles. The number of sulfonamides is 1. The van der Waals surface area contributed by atoms with E-state index in [-0.39, 0.29) is 22.6 Å². The van der Waals surface area contributed by atoms with Gasteiger partial charge in [0.05, 0.1) is 7.11 Å². The summed E-state index contributed by atoms with van der Waals surface area (Å²) in [5.74, 6) is 0.772. The molecule has 1 aromatic rings. The molecule has 1 heterocycles. The Balaban J connectivity index is 1.73. The van der Waals surface area contributed by atoms with Crippen LogP contribution in [0.15, 0.2) is 23.1 Å². The summed E-state index contributed by atoms with van der Waals surface area (Å²) < 4.78 is 33.1. The first-order chi connectivity index (χ1) is 12.9. The molecule has 27 heavy (non-hydrogen) atoms. The second-order valence-corrected chi connectivity index (χ2v) is 9.07. The molecule has 1 saturated carbocycles. The Morgan fingerprint density at radius 3 is 2.52 bits per heavy atom. The van der Waals surface area contributed by atoms with Crippen molar-refractivity contribution in [3.63, 3.8) is 0 Å². The fourth-order valence-corrected chi connectivity index (χ4v) is 4.96. The molecule has 2 aliphatic rings. The lowest BCUT2D eigenvalue weighted by Gasteiger charge is -2.32. The molecule has 3 rings (SSSR count). The number of benzene rings is 1. The molecule has 1 amide bonds. The van der Waals surface area contributed by atoms with E-state index in [4.69, 9.17) is 4.74 Å². The van der Waals surface area contributed by atoms with Crippen molar-refractivity contribution in [1.29, 1.82) is 0 Å². The van der Waals surface area contributed by atoms with Crippen molar-refractivity contribution in [2.24, 2.45) is 5.92 Å². The minimum Gasteiger partial charge on any atom is -0.495 e. The fraction of sp³-hybridized carbons (Fsp3) is 0.632. The lowest BCUT2D eigenvalue weighted by atomic mass is 9.93. The van der Waals surface area contributed by atoms with E-state index in [2.05, 4.69) is 10.0 Å². The molecular weight excluding hydrogens is 366 g/mol. The number of piperidine rings is 1. The van der Waals surface area contributed by atoms with Crippen molar-refractivity contribution in [3.8, 4) is 5.75 Å². The highest BCUT2D eigenvalue weighted by molar-refractivity contribution is 7.89. The predicted molar refractivity (Wildman–Crippen MR) is 104 cm³/mol. The third kappa shape index (κ3) is 5.00. The fourth-order valence-electron chi connectivity index (χ4n) is 3.46. The smallest absolute Gasteiger partial charge is 0.253 e. The van der Waals surface area contributed by atoms with E-state index >= 15 is 0 Å². The Morgan fingerprint density at radius 1 is 1.22 bits per heavy atom. The topological polar surface area (TPSA) is 87.7 Å². The van der Waals surface area contributed by atoms with Gasteiger partial charge in [-0.3, -0.25) is 4.79 Å². The minimum absolute atomic E-state index is 0.00398. The van der Waals surface area contributed by atoms with Gasteiger partial charge in [-0.1, -0.05) is 0 Å². The van der Waals surface area contributed by atoms with Gasteiger partial charge in [-0.05, 0) is 69.8 Å². The van der Waals surface area contributed by atoms with Gasteiger partial charge < -0.3 is 15.0 Å². The maximum atomic E-state index is 12.9. The number of carbonyl (C=O) groups excluding carboxylic acids is 1. The van der Waals surface area contributed by atoms with Crippen molar-refractivity contribution >= 4 is 15.9 Å². The molecule has 8 heteroatoms. The molecule has 2 N–H and O–H groups in total. The Labute approximate surface area is 161 Å². The second kappa shape index (κ2) is 8.58. The van der Waals surface area contributed by atoms with Gasteiger partial charge in [-0.25, -0.2) is 13.1 Å². The quantitative estimate of drug-likeness (QED) is 0.698. The molecule has 1 saturated heterocycles. The number of carbonyl (C=O) groups is 1. The van der Waals surface area contributed by atoms with Crippen LogP contribution in [0, 0.1) is 5.92 Å². The molecule has 150 valence electrons. The van der Waals surface area contributed by atoms with Crippen LogP contribution in [0.5, 0.6) is 5.75 Å². The Morgan fingerprint density at radius 2 is 1.93 bits per heavy atom. The number of likely N-dealkylation sites (tertiary alicyclic amines) is 1. The molecule has 0 bridgehead atoms. The van der Waals surface area contributed by atoms with Gasteiger partial charge in [0.15, 0.2) is 0 Å². The summed E-state index contributed by atoms with van der Waals surface area (Å²) in [6.07, 6.45) is 4.79. The van der Waals surface area contributed by atoms with E-state index in [0.717, 1.165) is 38.6 Å². The molecule has 1 aromatic carbocycles. The van der Waals surface area contributed by atoms with Gasteiger partial charge >= 0.3 is 0 Å². The van der Waals surface area contributed by atoms with Crippen molar-refractivity contribution in [3.05, 3.63) is 23.8 Å². The lowest BCUT2D eigenvalue weighted by Crippen LogP contribution is -2.39. The first-order valence-electron chi connectivity index (χ1n) is 9.59. The maximum Gasteiger partial charge on any atom is 0.253 e. The summed E-state index contributed by atoms with van der Waals surface area (Å²) in [5, 5.41) is 3.17. The highest BCUT2D eigenvalue weighted by Gasteiger charge is 2.31. The maximum absolute atomic E-state index is 12.9. The number of nitrogens with one attached hydrogen (secondary N) is 2. The van der Waals surface area contributed by atoms with Crippen molar-refractivity contribution < 1.29 is 17.9 Å². The zero-order chi connectivity index (χ0) is 19.4.